The van der Waals surface area contributed by atoms with Crippen LogP contribution in [0.3, 0.4) is 0 Å². The molecule has 2 aliphatic rings. The number of carbonyl (C=O) groups is 1. The standard InChI is InChI=1S/C14H22O/c1-9-10-6-11(8-13(9,2)3)12(15)14(4,5)7-10/h10-11H,1,6-8H2,2-5H3. The van der Waals surface area contributed by atoms with Gasteiger partial charge in [-0.2, -0.15) is 0 Å². The van der Waals surface area contributed by atoms with E-state index in [-0.39, 0.29) is 10.8 Å². The van der Waals surface area contributed by atoms with Crippen molar-refractivity contribution in [1.29, 1.82) is 0 Å². The van der Waals surface area contributed by atoms with Crippen LogP contribution in [0.5, 0.6) is 0 Å². The van der Waals surface area contributed by atoms with E-state index >= 15 is 0 Å². The molecule has 0 aromatic carbocycles. The lowest BCUT2D eigenvalue weighted by atomic mass is 9.54. The molecule has 84 valence electrons. The third kappa shape index (κ3) is 1.56. The second-order valence-electron chi connectivity index (χ2n) is 6.70. The number of hydrogen-bond acceptors (Lipinski definition) is 1. The normalized spacial score (nSPS) is 37.9. The van der Waals surface area contributed by atoms with E-state index < -0.39 is 0 Å². The molecule has 0 heterocycles. The molecule has 1 nitrogen and oxygen atoms in total. The van der Waals surface area contributed by atoms with Gasteiger partial charge in [-0.25, -0.2) is 0 Å². The lowest BCUT2D eigenvalue weighted by Crippen LogP contribution is -2.46. The minimum absolute atomic E-state index is 0.118. The lowest BCUT2D eigenvalue weighted by molar-refractivity contribution is -0.138. The van der Waals surface area contributed by atoms with Crippen molar-refractivity contribution in [1.82, 2.24) is 0 Å². The molecule has 0 aliphatic heterocycles. The summed E-state index contributed by atoms with van der Waals surface area (Å²) < 4.78 is 0. The first-order valence-corrected chi connectivity index (χ1v) is 5.98. The molecule has 2 atom stereocenters. The third-order valence-corrected chi connectivity index (χ3v) is 4.48. The fourth-order valence-electron chi connectivity index (χ4n) is 3.54. The van der Waals surface area contributed by atoms with E-state index in [0.29, 0.717) is 17.6 Å². The van der Waals surface area contributed by atoms with E-state index in [9.17, 15) is 4.79 Å². The second kappa shape index (κ2) is 2.96. The Bertz CT molecular complexity index is 290. The van der Waals surface area contributed by atoms with Gasteiger partial charge in [0.15, 0.2) is 0 Å². The predicted octanol–water partition coefficient (Wildman–Crippen LogP) is 3.59. The molecule has 15 heavy (non-hydrogen) atoms. The number of rotatable bonds is 0. The summed E-state index contributed by atoms with van der Waals surface area (Å²) in [5.74, 6) is 1.35. The van der Waals surface area contributed by atoms with Crippen molar-refractivity contribution in [2.45, 2.75) is 47.0 Å². The zero-order valence-electron chi connectivity index (χ0n) is 10.4. The SMILES string of the molecule is C=C1C2CC(CC1(C)C)C(=O)C(C)(C)C2. The number of carbonyl (C=O) groups excluding carboxylic acids is 1. The molecular formula is C14H22O. The first-order chi connectivity index (χ1) is 6.74. The number of hydrogen-bond donors (Lipinski definition) is 0. The average molecular weight is 206 g/mol. The molecule has 2 rings (SSSR count). The first kappa shape index (κ1) is 10.9. The van der Waals surface area contributed by atoms with Crippen molar-refractivity contribution in [3.8, 4) is 0 Å². The Kier molecular flexibility index (Phi) is 2.15. The van der Waals surface area contributed by atoms with Crippen molar-refractivity contribution in [2.75, 3.05) is 0 Å². The van der Waals surface area contributed by atoms with Gasteiger partial charge in [-0.1, -0.05) is 39.8 Å². The van der Waals surface area contributed by atoms with Crippen LogP contribution in [0.2, 0.25) is 0 Å². The summed E-state index contributed by atoms with van der Waals surface area (Å²) in [7, 11) is 0. The summed E-state index contributed by atoms with van der Waals surface area (Å²) in [5, 5.41) is 0. The summed E-state index contributed by atoms with van der Waals surface area (Å²) in [6.07, 6.45) is 3.07. The summed E-state index contributed by atoms with van der Waals surface area (Å²) in [6, 6.07) is 0. The fourth-order valence-corrected chi connectivity index (χ4v) is 3.54. The molecule has 1 heteroatoms. The number of allylic oxidation sites excluding steroid dienone is 1. The molecule has 2 bridgehead atoms. The van der Waals surface area contributed by atoms with E-state index in [1.54, 1.807) is 0 Å². The van der Waals surface area contributed by atoms with Crippen LogP contribution in [0.1, 0.15) is 47.0 Å². The molecule has 2 fully saturated rings. The van der Waals surface area contributed by atoms with Gasteiger partial charge in [0.05, 0.1) is 0 Å². The molecular weight excluding hydrogens is 184 g/mol. The van der Waals surface area contributed by atoms with E-state index in [4.69, 9.17) is 0 Å². The van der Waals surface area contributed by atoms with Crippen LogP contribution in [0.15, 0.2) is 12.2 Å². The summed E-state index contributed by atoms with van der Waals surface area (Å²) in [6.45, 7) is 12.9. The van der Waals surface area contributed by atoms with Crippen LogP contribution >= 0.6 is 0 Å². The first-order valence-electron chi connectivity index (χ1n) is 5.98. The van der Waals surface area contributed by atoms with Gasteiger partial charge >= 0.3 is 0 Å². The Labute approximate surface area is 92.9 Å². The zero-order chi connectivity index (χ0) is 11.4. The van der Waals surface area contributed by atoms with E-state index in [2.05, 4.69) is 34.3 Å². The minimum atomic E-state index is -0.118. The molecule has 0 aromatic heterocycles. The highest BCUT2D eigenvalue weighted by molar-refractivity contribution is 5.87. The van der Waals surface area contributed by atoms with Crippen LogP contribution in [0.4, 0.5) is 0 Å². The van der Waals surface area contributed by atoms with Gasteiger partial charge in [-0.05, 0) is 30.6 Å². The average Bonchev–Trinajstić information content (AvgIpc) is 2.09. The molecule has 0 saturated heterocycles. The highest BCUT2D eigenvalue weighted by Gasteiger charge is 2.49. The molecule has 2 aliphatic carbocycles. The molecule has 0 spiro atoms. The smallest absolute Gasteiger partial charge is 0.141 e. The van der Waals surface area contributed by atoms with Gasteiger partial charge < -0.3 is 0 Å². The minimum Gasteiger partial charge on any atom is -0.299 e. The van der Waals surface area contributed by atoms with E-state index in [1.807, 2.05) is 0 Å². The highest BCUT2D eigenvalue weighted by atomic mass is 16.1. The van der Waals surface area contributed by atoms with Crippen LogP contribution in [0, 0.1) is 22.7 Å². The quantitative estimate of drug-likeness (QED) is 0.553. The Morgan fingerprint density at radius 2 is 1.60 bits per heavy atom. The van der Waals surface area contributed by atoms with Crippen molar-refractivity contribution in [2.24, 2.45) is 22.7 Å². The molecule has 0 radical (unpaired) electrons. The molecule has 0 amide bonds. The van der Waals surface area contributed by atoms with Crippen LogP contribution < -0.4 is 0 Å². The van der Waals surface area contributed by atoms with E-state index in [0.717, 1.165) is 19.3 Å². The van der Waals surface area contributed by atoms with Gasteiger partial charge in [-0.3, -0.25) is 4.79 Å². The monoisotopic (exact) mass is 206 g/mol. The highest BCUT2D eigenvalue weighted by Crippen LogP contribution is 2.54. The van der Waals surface area contributed by atoms with Crippen LogP contribution in [-0.4, -0.2) is 5.78 Å². The second-order valence-corrected chi connectivity index (χ2v) is 6.70. The maximum atomic E-state index is 12.2. The summed E-state index contributed by atoms with van der Waals surface area (Å²) >= 11 is 0. The van der Waals surface area contributed by atoms with E-state index in [1.165, 1.54) is 5.57 Å². The predicted molar refractivity (Wildman–Crippen MR) is 62.5 cm³/mol. The summed E-state index contributed by atoms with van der Waals surface area (Å²) in [5.41, 5.74) is 1.42. The Morgan fingerprint density at radius 1 is 1.07 bits per heavy atom. The van der Waals surface area contributed by atoms with Crippen molar-refractivity contribution in [3.05, 3.63) is 12.2 Å². The zero-order valence-corrected chi connectivity index (χ0v) is 10.4. The molecule has 0 aromatic rings. The number of fused-ring (bicyclic) bond motifs is 2. The number of Topliss-reactive ketones (excluding diaryl/α,β-unsaturated/α-hetero) is 1. The lowest BCUT2D eigenvalue weighted by Gasteiger charge is -2.49. The Balaban J connectivity index is 2.34. The number of ketones is 1. The van der Waals surface area contributed by atoms with Crippen molar-refractivity contribution < 1.29 is 4.79 Å². The molecule has 0 N–H and O–H groups in total. The Hall–Kier alpha value is -0.590. The fraction of sp³-hybridized carbons (Fsp3) is 0.786. The summed E-state index contributed by atoms with van der Waals surface area (Å²) in [4.78, 5) is 12.2. The Morgan fingerprint density at radius 3 is 2.20 bits per heavy atom. The van der Waals surface area contributed by atoms with Gasteiger partial charge in [0.2, 0.25) is 0 Å². The van der Waals surface area contributed by atoms with Crippen molar-refractivity contribution >= 4 is 5.78 Å². The van der Waals surface area contributed by atoms with Gasteiger partial charge in [0, 0.05) is 11.3 Å². The van der Waals surface area contributed by atoms with Gasteiger partial charge in [-0.15, -0.1) is 0 Å². The largest absolute Gasteiger partial charge is 0.299 e. The van der Waals surface area contributed by atoms with Gasteiger partial charge in [0.1, 0.15) is 5.78 Å². The molecule has 2 unspecified atom stereocenters. The van der Waals surface area contributed by atoms with Crippen LogP contribution in [0.25, 0.3) is 0 Å². The molecule has 2 saturated carbocycles. The maximum Gasteiger partial charge on any atom is 0.141 e. The third-order valence-electron chi connectivity index (χ3n) is 4.48. The topological polar surface area (TPSA) is 17.1 Å². The van der Waals surface area contributed by atoms with Crippen molar-refractivity contribution in [3.63, 3.8) is 0 Å². The van der Waals surface area contributed by atoms with Crippen LogP contribution in [-0.2, 0) is 4.79 Å². The maximum absolute atomic E-state index is 12.2. The van der Waals surface area contributed by atoms with Gasteiger partial charge in [0.25, 0.3) is 0 Å².